The van der Waals surface area contributed by atoms with Gasteiger partial charge >= 0.3 is 5.63 Å². The molecule has 3 aromatic rings. The molecule has 0 aliphatic carbocycles. The van der Waals surface area contributed by atoms with Crippen LogP contribution in [0.3, 0.4) is 0 Å². The molecule has 0 fully saturated rings. The summed E-state index contributed by atoms with van der Waals surface area (Å²) in [6, 6.07) is 5.63. The lowest BCUT2D eigenvalue weighted by Gasteiger charge is -2.09. The van der Waals surface area contributed by atoms with Crippen molar-refractivity contribution >= 4 is 22.7 Å². The molecule has 0 aliphatic heterocycles. The standard InChI is InChI=1S/C18H21N3O3S/c1-12-5-6-15-14(9-16(22)24-17(15)13(12)2)10-25-18-20-19-11-21(18)7-4-8-23-3/h5-6,9,11H,4,7-8,10H2,1-3H3. The van der Waals surface area contributed by atoms with E-state index in [9.17, 15) is 4.79 Å². The summed E-state index contributed by atoms with van der Waals surface area (Å²) in [4.78, 5) is 11.9. The van der Waals surface area contributed by atoms with E-state index >= 15 is 0 Å². The second-order valence-corrected chi connectivity index (χ2v) is 6.86. The Labute approximate surface area is 150 Å². The molecule has 2 heterocycles. The van der Waals surface area contributed by atoms with E-state index in [-0.39, 0.29) is 5.63 Å². The summed E-state index contributed by atoms with van der Waals surface area (Å²) in [7, 11) is 1.69. The topological polar surface area (TPSA) is 70.2 Å². The van der Waals surface area contributed by atoms with Crippen molar-refractivity contribution in [1.82, 2.24) is 14.8 Å². The molecule has 0 atom stereocenters. The number of rotatable bonds is 7. The minimum absolute atomic E-state index is 0.321. The Kier molecular flexibility index (Phi) is 5.55. The number of nitrogens with zero attached hydrogens (tertiary/aromatic N) is 3. The quantitative estimate of drug-likeness (QED) is 0.366. The Bertz CT molecular complexity index is 933. The van der Waals surface area contributed by atoms with Gasteiger partial charge in [0.05, 0.1) is 0 Å². The van der Waals surface area contributed by atoms with Crippen LogP contribution in [0.2, 0.25) is 0 Å². The Hall–Kier alpha value is -2.12. The normalized spacial score (nSPS) is 11.3. The second kappa shape index (κ2) is 7.84. The van der Waals surface area contributed by atoms with Crippen molar-refractivity contribution in [2.75, 3.05) is 13.7 Å². The van der Waals surface area contributed by atoms with Crippen LogP contribution >= 0.6 is 11.8 Å². The smallest absolute Gasteiger partial charge is 0.336 e. The molecule has 0 saturated heterocycles. The molecule has 0 saturated carbocycles. The largest absolute Gasteiger partial charge is 0.422 e. The summed E-state index contributed by atoms with van der Waals surface area (Å²) < 4.78 is 12.5. The molecule has 0 unspecified atom stereocenters. The predicted octanol–water partition coefficient (Wildman–Crippen LogP) is 3.33. The molecule has 0 bridgehead atoms. The van der Waals surface area contributed by atoms with Crippen molar-refractivity contribution < 1.29 is 9.15 Å². The van der Waals surface area contributed by atoms with Crippen molar-refractivity contribution in [2.24, 2.45) is 0 Å². The van der Waals surface area contributed by atoms with Crippen LogP contribution in [0.25, 0.3) is 11.0 Å². The molecule has 7 heteroatoms. The van der Waals surface area contributed by atoms with E-state index in [4.69, 9.17) is 9.15 Å². The van der Waals surface area contributed by atoms with Crippen molar-refractivity contribution in [1.29, 1.82) is 0 Å². The van der Waals surface area contributed by atoms with Crippen LogP contribution in [0.4, 0.5) is 0 Å². The monoisotopic (exact) mass is 359 g/mol. The molecule has 132 valence electrons. The summed E-state index contributed by atoms with van der Waals surface area (Å²) in [5.41, 5.74) is 3.41. The lowest BCUT2D eigenvalue weighted by molar-refractivity contribution is 0.189. The highest BCUT2D eigenvalue weighted by Gasteiger charge is 2.12. The maximum atomic E-state index is 11.9. The van der Waals surface area contributed by atoms with Gasteiger partial charge in [-0.05, 0) is 37.0 Å². The summed E-state index contributed by atoms with van der Waals surface area (Å²) >= 11 is 1.57. The van der Waals surface area contributed by atoms with Gasteiger partial charge in [0, 0.05) is 37.5 Å². The molecule has 3 rings (SSSR count). The number of fused-ring (bicyclic) bond motifs is 1. The van der Waals surface area contributed by atoms with E-state index in [0.717, 1.165) is 40.2 Å². The molecule has 25 heavy (non-hydrogen) atoms. The maximum absolute atomic E-state index is 11.9. The lowest BCUT2D eigenvalue weighted by atomic mass is 10.0. The fourth-order valence-corrected chi connectivity index (χ4v) is 3.61. The molecule has 0 spiro atoms. The number of aryl methyl sites for hydroxylation is 3. The van der Waals surface area contributed by atoms with Gasteiger partial charge in [-0.1, -0.05) is 23.9 Å². The Morgan fingerprint density at radius 2 is 2.16 bits per heavy atom. The molecular weight excluding hydrogens is 338 g/mol. The number of hydrogen-bond acceptors (Lipinski definition) is 6. The van der Waals surface area contributed by atoms with Crippen LogP contribution in [-0.4, -0.2) is 28.5 Å². The number of hydrogen-bond donors (Lipinski definition) is 0. The van der Waals surface area contributed by atoms with Gasteiger partial charge in [0.1, 0.15) is 11.9 Å². The average molecular weight is 359 g/mol. The first-order chi connectivity index (χ1) is 12.1. The molecule has 0 radical (unpaired) electrons. The molecule has 1 aromatic carbocycles. The van der Waals surface area contributed by atoms with E-state index < -0.39 is 0 Å². The lowest BCUT2D eigenvalue weighted by Crippen LogP contribution is -2.03. The number of thioether (sulfide) groups is 1. The van der Waals surface area contributed by atoms with Gasteiger partial charge in [0.2, 0.25) is 0 Å². The molecular formula is C18H21N3O3S. The molecule has 0 amide bonds. The van der Waals surface area contributed by atoms with E-state index in [2.05, 4.69) is 16.3 Å². The third kappa shape index (κ3) is 3.93. The van der Waals surface area contributed by atoms with E-state index in [1.54, 1.807) is 31.3 Å². The van der Waals surface area contributed by atoms with Gasteiger partial charge in [-0.15, -0.1) is 10.2 Å². The minimum atomic E-state index is -0.321. The van der Waals surface area contributed by atoms with E-state index in [0.29, 0.717) is 17.9 Å². The highest BCUT2D eigenvalue weighted by molar-refractivity contribution is 7.98. The summed E-state index contributed by atoms with van der Waals surface area (Å²) in [6.45, 7) is 5.49. The highest BCUT2D eigenvalue weighted by atomic mass is 32.2. The minimum Gasteiger partial charge on any atom is -0.422 e. The maximum Gasteiger partial charge on any atom is 0.336 e. The van der Waals surface area contributed by atoms with Crippen molar-refractivity contribution in [3.63, 3.8) is 0 Å². The number of ether oxygens (including phenoxy) is 1. The SMILES string of the molecule is COCCCn1cnnc1SCc1cc(=O)oc2c(C)c(C)ccc12. The third-order valence-electron chi connectivity index (χ3n) is 4.20. The first-order valence-corrected chi connectivity index (χ1v) is 9.11. The van der Waals surface area contributed by atoms with E-state index in [1.165, 1.54) is 0 Å². The third-order valence-corrected chi connectivity index (χ3v) is 5.23. The Balaban J connectivity index is 1.84. The zero-order valence-corrected chi connectivity index (χ0v) is 15.4. The van der Waals surface area contributed by atoms with Gasteiger partial charge in [-0.3, -0.25) is 0 Å². The number of benzene rings is 1. The Morgan fingerprint density at radius 1 is 1.32 bits per heavy atom. The average Bonchev–Trinajstić information content (AvgIpc) is 3.04. The predicted molar refractivity (Wildman–Crippen MR) is 98.0 cm³/mol. The van der Waals surface area contributed by atoms with Gasteiger partial charge in [0.25, 0.3) is 0 Å². The van der Waals surface area contributed by atoms with Crippen LogP contribution in [0.15, 0.2) is 38.9 Å². The van der Waals surface area contributed by atoms with Gasteiger partial charge in [-0.25, -0.2) is 4.79 Å². The fourth-order valence-electron chi connectivity index (χ4n) is 2.68. The molecule has 2 aromatic heterocycles. The summed E-state index contributed by atoms with van der Waals surface area (Å²) in [5.74, 6) is 0.633. The van der Waals surface area contributed by atoms with E-state index in [1.807, 2.05) is 24.5 Å². The van der Waals surface area contributed by atoms with Crippen molar-refractivity contribution in [3.8, 4) is 0 Å². The summed E-state index contributed by atoms with van der Waals surface area (Å²) in [6.07, 6.45) is 2.63. The van der Waals surface area contributed by atoms with Crippen molar-refractivity contribution in [3.05, 3.63) is 51.6 Å². The number of aromatic nitrogens is 3. The van der Waals surface area contributed by atoms with Gasteiger partial charge in [-0.2, -0.15) is 0 Å². The molecule has 0 aliphatic rings. The second-order valence-electron chi connectivity index (χ2n) is 5.92. The first-order valence-electron chi connectivity index (χ1n) is 8.12. The zero-order chi connectivity index (χ0) is 17.8. The van der Waals surface area contributed by atoms with Gasteiger partial charge < -0.3 is 13.7 Å². The highest BCUT2D eigenvalue weighted by Crippen LogP contribution is 2.28. The number of methoxy groups -OCH3 is 1. The first kappa shape index (κ1) is 17.7. The Morgan fingerprint density at radius 3 is 2.96 bits per heavy atom. The van der Waals surface area contributed by atoms with Crippen LogP contribution in [0.1, 0.15) is 23.1 Å². The summed E-state index contributed by atoms with van der Waals surface area (Å²) in [5, 5.41) is 9.97. The molecule has 0 N–H and O–H groups in total. The van der Waals surface area contributed by atoms with Crippen LogP contribution in [0, 0.1) is 13.8 Å². The van der Waals surface area contributed by atoms with Crippen molar-refractivity contribution in [2.45, 2.75) is 37.7 Å². The van der Waals surface area contributed by atoms with Crippen LogP contribution in [0.5, 0.6) is 0 Å². The van der Waals surface area contributed by atoms with Crippen LogP contribution < -0.4 is 5.63 Å². The zero-order valence-electron chi connectivity index (χ0n) is 14.6. The fraction of sp³-hybridized carbons (Fsp3) is 0.389. The van der Waals surface area contributed by atoms with Gasteiger partial charge in [0.15, 0.2) is 5.16 Å². The molecule has 6 nitrogen and oxygen atoms in total. The van der Waals surface area contributed by atoms with Crippen LogP contribution in [-0.2, 0) is 17.0 Å².